The predicted molar refractivity (Wildman–Crippen MR) is 48.5 cm³/mol. The molecule has 0 fully saturated rings. The third-order valence-corrected chi connectivity index (χ3v) is 2.15. The molecule has 1 N–H and O–H groups in total. The SMILES string of the molecule is [B]c1ccc(C(=O)O)c(C)c1Cl. The van der Waals surface area contributed by atoms with Crippen molar-refractivity contribution in [3.8, 4) is 0 Å². The van der Waals surface area contributed by atoms with Crippen LogP contribution in [0, 0.1) is 6.92 Å². The van der Waals surface area contributed by atoms with Gasteiger partial charge in [-0.25, -0.2) is 4.79 Å². The summed E-state index contributed by atoms with van der Waals surface area (Å²) in [6.45, 7) is 1.63. The zero-order chi connectivity index (χ0) is 9.30. The van der Waals surface area contributed by atoms with Crippen molar-refractivity contribution in [3.63, 3.8) is 0 Å². The van der Waals surface area contributed by atoms with Gasteiger partial charge >= 0.3 is 5.97 Å². The average molecular weight is 180 g/mol. The number of benzene rings is 1. The first-order chi connectivity index (χ1) is 5.54. The Morgan fingerprint density at radius 2 is 2.17 bits per heavy atom. The Hall–Kier alpha value is -0.955. The van der Waals surface area contributed by atoms with Gasteiger partial charge < -0.3 is 5.11 Å². The molecule has 4 heteroatoms. The number of aromatic carboxylic acids is 1. The van der Waals surface area contributed by atoms with Crippen LogP contribution in [0.3, 0.4) is 0 Å². The predicted octanol–water partition coefficient (Wildman–Crippen LogP) is 1.14. The minimum absolute atomic E-state index is 0.189. The van der Waals surface area contributed by atoms with E-state index in [1.54, 1.807) is 6.92 Å². The highest BCUT2D eigenvalue weighted by molar-refractivity contribution is 6.45. The maximum Gasteiger partial charge on any atom is 0.336 e. The third kappa shape index (κ3) is 1.46. The smallest absolute Gasteiger partial charge is 0.336 e. The fraction of sp³-hybridized carbons (Fsp3) is 0.125. The molecule has 1 rings (SSSR count). The summed E-state index contributed by atoms with van der Waals surface area (Å²) in [6, 6.07) is 2.93. The van der Waals surface area contributed by atoms with Crippen LogP contribution >= 0.6 is 11.6 Å². The molecule has 0 aliphatic heterocycles. The van der Waals surface area contributed by atoms with Gasteiger partial charge in [-0.2, -0.15) is 0 Å². The lowest BCUT2D eigenvalue weighted by Crippen LogP contribution is -2.09. The van der Waals surface area contributed by atoms with Crippen LogP contribution in [-0.2, 0) is 0 Å². The summed E-state index contributed by atoms with van der Waals surface area (Å²) in [5.41, 5.74) is 1.09. The van der Waals surface area contributed by atoms with Crippen molar-refractivity contribution in [1.82, 2.24) is 0 Å². The summed E-state index contributed by atoms with van der Waals surface area (Å²) in [7, 11) is 5.46. The molecule has 0 amide bonds. The molecule has 2 radical (unpaired) electrons. The van der Waals surface area contributed by atoms with E-state index in [0.717, 1.165) is 0 Å². The maximum atomic E-state index is 10.6. The highest BCUT2D eigenvalue weighted by Crippen LogP contribution is 2.16. The van der Waals surface area contributed by atoms with Crippen LogP contribution in [0.15, 0.2) is 12.1 Å². The van der Waals surface area contributed by atoms with Crippen LogP contribution in [0.1, 0.15) is 15.9 Å². The van der Waals surface area contributed by atoms with E-state index in [2.05, 4.69) is 0 Å². The van der Waals surface area contributed by atoms with Gasteiger partial charge in [-0.05, 0) is 18.6 Å². The Morgan fingerprint density at radius 1 is 1.58 bits per heavy atom. The van der Waals surface area contributed by atoms with Crippen molar-refractivity contribution >= 4 is 30.9 Å². The van der Waals surface area contributed by atoms with Gasteiger partial charge in [0.15, 0.2) is 0 Å². The van der Waals surface area contributed by atoms with Crippen molar-refractivity contribution < 1.29 is 9.90 Å². The number of hydrogen-bond donors (Lipinski definition) is 1. The highest BCUT2D eigenvalue weighted by atomic mass is 35.5. The summed E-state index contributed by atoms with van der Waals surface area (Å²) < 4.78 is 0. The van der Waals surface area contributed by atoms with Crippen LogP contribution in [0.5, 0.6) is 0 Å². The molecule has 0 unspecified atom stereocenters. The first-order valence-corrected chi connectivity index (χ1v) is 3.69. The fourth-order valence-corrected chi connectivity index (χ4v) is 1.10. The van der Waals surface area contributed by atoms with Gasteiger partial charge in [-0.15, -0.1) is 0 Å². The highest BCUT2D eigenvalue weighted by Gasteiger charge is 2.09. The molecule has 0 aliphatic rings. The molecule has 0 atom stereocenters. The number of carbonyl (C=O) groups is 1. The maximum absolute atomic E-state index is 10.6. The van der Waals surface area contributed by atoms with Gasteiger partial charge in [0, 0.05) is 5.02 Å². The van der Waals surface area contributed by atoms with E-state index in [9.17, 15) is 4.79 Å². The molecule has 1 aromatic rings. The molecule has 0 aromatic heterocycles. The topological polar surface area (TPSA) is 37.3 Å². The largest absolute Gasteiger partial charge is 0.478 e. The monoisotopic (exact) mass is 180 g/mol. The number of halogens is 1. The molecule has 1 aromatic carbocycles. The molecule has 0 bridgehead atoms. The van der Waals surface area contributed by atoms with Crippen LogP contribution in [-0.4, -0.2) is 18.9 Å². The quantitative estimate of drug-likeness (QED) is 0.658. The van der Waals surface area contributed by atoms with E-state index in [1.165, 1.54) is 12.1 Å². The van der Waals surface area contributed by atoms with E-state index in [4.69, 9.17) is 24.6 Å². The van der Waals surface area contributed by atoms with Crippen molar-refractivity contribution in [2.75, 3.05) is 0 Å². The van der Waals surface area contributed by atoms with E-state index in [0.29, 0.717) is 16.0 Å². The van der Waals surface area contributed by atoms with Gasteiger partial charge in [0.05, 0.1) is 5.56 Å². The first-order valence-electron chi connectivity index (χ1n) is 3.32. The molecule has 0 aliphatic carbocycles. The Bertz CT molecular complexity index is 336. The molecule has 2 nitrogen and oxygen atoms in total. The van der Waals surface area contributed by atoms with Gasteiger partial charge in [0.1, 0.15) is 7.85 Å². The summed E-state index contributed by atoms with van der Waals surface area (Å²) in [6.07, 6.45) is 0. The summed E-state index contributed by atoms with van der Waals surface area (Å²) >= 11 is 5.74. The van der Waals surface area contributed by atoms with E-state index in [1.807, 2.05) is 0 Å². The minimum atomic E-state index is -0.991. The second kappa shape index (κ2) is 3.19. The zero-order valence-corrected chi connectivity index (χ0v) is 7.22. The van der Waals surface area contributed by atoms with Crippen molar-refractivity contribution in [3.05, 3.63) is 28.3 Å². The number of carboxylic acid groups (broad SMARTS) is 1. The molecular formula is C8H6BClO2. The molecular weight excluding hydrogens is 174 g/mol. The standard InChI is InChI=1S/C8H6BClO2/c1-4-5(8(11)12)2-3-6(9)7(4)10/h2-3H,1H3,(H,11,12). The molecule has 0 heterocycles. The van der Waals surface area contributed by atoms with Crippen LogP contribution < -0.4 is 5.46 Å². The lowest BCUT2D eigenvalue weighted by molar-refractivity contribution is 0.0696. The Morgan fingerprint density at radius 3 is 2.67 bits per heavy atom. The molecule has 60 valence electrons. The number of rotatable bonds is 1. The minimum Gasteiger partial charge on any atom is -0.478 e. The normalized spacial score (nSPS) is 9.83. The summed E-state index contributed by atoms with van der Waals surface area (Å²) in [5, 5.41) is 9.00. The second-order valence-electron chi connectivity index (χ2n) is 2.45. The van der Waals surface area contributed by atoms with E-state index < -0.39 is 5.97 Å². The van der Waals surface area contributed by atoms with Gasteiger partial charge in [0.2, 0.25) is 0 Å². The Kier molecular flexibility index (Phi) is 2.43. The molecule has 0 saturated heterocycles. The average Bonchev–Trinajstić information content (AvgIpc) is 2.00. The van der Waals surface area contributed by atoms with E-state index >= 15 is 0 Å². The third-order valence-electron chi connectivity index (χ3n) is 1.65. The molecule has 0 spiro atoms. The van der Waals surface area contributed by atoms with Crippen LogP contribution in [0.2, 0.25) is 5.02 Å². The van der Waals surface area contributed by atoms with Gasteiger partial charge in [-0.3, -0.25) is 0 Å². The lowest BCUT2D eigenvalue weighted by atomic mass is 9.92. The number of hydrogen-bond acceptors (Lipinski definition) is 1. The van der Waals surface area contributed by atoms with Gasteiger partial charge in [0.25, 0.3) is 0 Å². The second-order valence-corrected chi connectivity index (χ2v) is 2.82. The van der Waals surface area contributed by atoms with Crippen molar-refractivity contribution in [2.24, 2.45) is 0 Å². The lowest BCUT2D eigenvalue weighted by Gasteiger charge is -2.05. The fourth-order valence-electron chi connectivity index (χ4n) is 0.938. The van der Waals surface area contributed by atoms with Gasteiger partial charge in [-0.1, -0.05) is 23.1 Å². The van der Waals surface area contributed by atoms with Crippen LogP contribution in [0.4, 0.5) is 0 Å². The Balaban J connectivity index is 3.36. The Labute approximate surface area is 76.6 Å². The number of carboxylic acids is 1. The molecule has 0 saturated carbocycles. The van der Waals surface area contributed by atoms with Crippen molar-refractivity contribution in [2.45, 2.75) is 6.92 Å². The molecule has 12 heavy (non-hydrogen) atoms. The summed E-state index contributed by atoms with van der Waals surface area (Å²) in [4.78, 5) is 10.6. The van der Waals surface area contributed by atoms with Crippen LogP contribution in [0.25, 0.3) is 0 Å². The first kappa shape index (κ1) is 9.14. The van der Waals surface area contributed by atoms with Crippen molar-refractivity contribution in [1.29, 1.82) is 0 Å². The summed E-state index contributed by atoms with van der Waals surface area (Å²) in [5.74, 6) is -0.991. The zero-order valence-electron chi connectivity index (χ0n) is 6.47. The van der Waals surface area contributed by atoms with E-state index in [-0.39, 0.29) is 5.56 Å².